The second-order valence-corrected chi connectivity index (χ2v) is 6.53. The predicted molar refractivity (Wildman–Crippen MR) is 84.8 cm³/mol. The number of amides is 1. The predicted octanol–water partition coefficient (Wildman–Crippen LogP) is 2.16. The Kier molecular flexibility index (Phi) is 3.42. The van der Waals surface area contributed by atoms with Crippen LogP contribution >= 0.6 is 33.9 Å². The quantitative estimate of drug-likeness (QED) is 0.620. The standard InChI is InChI=1S/C12H10IN5OS/c1-17(2)11(19)9-14-15-12-18(9)16-10(20-12)7-3-5-8(13)6-4-7/h3-6H,1-2H3. The Morgan fingerprint density at radius 3 is 2.60 bits per heavy atom. The van der Waals surface area contributed by atoms with Gasteiger partial charge in [-0.1, -0.05) is 23.5 Å². The maximum absolute atomic E-state index is 12.0. The van der Waals surface area contributed by atoms with E-state index in [9.17, 15) is 4.79 Å². The number of carbonyl (C=O) groups is 1. The molecule has 2 aromatic heterocycles. The van der Waals surface area contributed by atoms with Crippen molar-refractivity contribution in [3.8, 4) is 10.6 Å². The number of benzene rings is 1. The van der Waals surface area contributed by atoms with Crippen molar-refractivity contribution in [1.82, 2.24) is 24.7 Å². The van der Waals surface area contributed by atoms with E-state index >= 15 is 0 Å². The molecule has 1 aromatic carbocycles. The van der Waals surface area contributed by atoms with E-state index in [0.29, 0.717) is 4.96 Å². The summed E-state index contributed by atoms with van der Waals surface area (Å²) in [7, 11) is 3.35. The van der Waals surface area contributed by atoms with Crippen LogP contribution in [0.2, 0.25) is 0 Å². The molecule has 1 amide bonds. The third-order valence-electron chi connectivity index (χ3n) is 2.68. The molecule has 0 saturated carbocycles. The molecule has 6 nitrogen and oxygen atoms in total. The van der Waals surface area contributed by atoms with Gasteiger partial charge in [-0.25, -0.2) is 0 Å². The van der Waals surface area contributed by atoms with E-state index in [1.807, 2.05) is 24.3 Å². The van der Waals surface area contributed by atoms with Crippen LogP contribution in [-0.2, 0) is 0 Å². The lowest BCUT2D eigenvalue weighted by Gasteiger charge is -2.06. The zero-order chi connectivity index (χ0) is 14.3. The Hall–Kier alpha value is -1.55. The van der Waals surface area contributed by atoms with Crippen molar-refractivity contribution in [1.29, 1.82) is 0 Å². The van der Waals surface area contributed by atoms with Crippen LogP contribution in [0.1, 0.15) is 10.6 Å². The third kappa shape index (κ3) is 2.29. The first-order valence-corrected chi connectivity index (χ1v) is 7.65. The molecule has 8 heteroatoms. The van der Waals surface area contributed by atoms with Crippen LogP contribution in [-0.4, -0.2) is 44.7 Å². The summed E-state index contributed by atoms with van der Waals surface area (Å²) in [4.78, 5) is 14.0. The number of rotatable bonds is 2. The molecule has 20 heavy (non-hydrogen) atoms. The number of aromatic nitrogens is 4. The minimum Gasteiger partial charge on any atom is -0.342 e. The van der Waals surface area contributed by atoms with Crippen LogP contribution in [0.3, 0.4) is 0 Å². The van der Waals surface area contributed by atoms with Gasteiger partial charge in [0.05, 0.1) is 0 Å². The van der Waals surface area contributed by atoms with Crippen LogP contribution < -0.4 is 0 Å². The van der Waals surface area contributed by atoms with Crippen molar-refractivity contribution in [3.05, 3.63) is 33.7 Å². The summed E-state index contributed by atoms with van der Waals surface area (Å²) in [5, 5.41) is 13.2. The Morgan fingerprint density at radius 2 is 1.95 bits per heavy atom. The van der Waals surface area contributed by atoms with Crippen LogP contribution in [0, 0.1) is 3.57 Å². The molecule has 3 aromatic rings. The summed E-state index contributed by atoms with van der Waals surface area (Å²) < 4.78 is 2.66. The highest BCUT2D eigenvalue weighted by atomic mass is 127. The fourth-order valence-corrected chi connectivity index (χ4v) is 2.86. The summed E-state index contributed by atoms with van der Waals surface area (Å²) in [6.07, 6.45) is 0. The van der Waals surface area contributed by atoms with E-state index in [0.717, 1.165) is 14.1 Å². The maximum atomic E-state index is 12.0. The summed E-state index contributed by atoms with van der Waals surface area (Å²) >= 11 is 3.67. The van der Waals surface area contributed by atoms with E-state index in [1.54, 1.807) is 14.1 Å². The highest BCUT2D eigenvalue weighted by Crippen LogP contribution is 2.26. The Bertz CT molecular complexity index is 777. The molecule has 0 aliphatic carbocycles. The van der Waals surface area contributed by atoms with Crippen LogP contribution in [0.4, 0.5) is 0 Å². The summed E-state index contributed by atoms with van der Waals surface area (Å²) in [6.45, 7) is 0. The molecule has 2 heterocycles. The molecule has 0 fully saturated rings. The highest BCUT2D eigenvalue weighted by Gasteiger charge is 2.19. The molecular weight excluding hydrogens is 389 g/mol. The number of nitrogens with zero attached hydrogens (tertiary/aromatic N) is 5. The first kappa shape index (κ1) is 13.4. The summed E-state index contributed by atoms with van der Waals surface area (Å²) in [5.74, 6) is 0.0231. The number of halogens is 1. The van der Waals surface area contributed by atoms with E-state index in [4.69, 9.17) is 0 Å². The molecular formula is C12H10IN5OS. The lowest BCUT2D eigenvalue weighted by atomic mass is 10.2. The monoisotopic (exact) mass is 399 g/mol. The molecule has 0 atom stereocenters. The minimum absolute atomic E-state index is 0.211. The second-order valence-electron chi connectivity index (χ2n) is 4.33. The van der Waals surface area contributed by atoms with E-state index in [2.05, 4.69) is 37.9 Å². The minimum atomic E-state index is -0.211. The lowest BCUT2D eigenvalue weighted by molar-refractivity contribution is 0.0813. The normalized spacial score (nSPS) is 10.9. The molecule has 3 rings (SSSR count). The van der Waals surface area contributed by atoms with Crippen molar-refractivity contribution < 1.29 is 4.79 Å². The molecule has 0 unspecified atom stereocenters. The zero-order valence-electron chi connectivity index (χ0n) is 10.7. The smallest absolute Gasteiger partial charge is 0.293 e. The van der Waals surface area contributed by atoms with Gasteiger partial charge in [-0.3, -0.25) is 4.79 Å². The van der Waals surface area contributed by atoms with Crippen LogP contribution in [0.25, 0.3) is 15.5 Å². The maximum Gasteiger partial charge on any atom is 0.293 e. The van der Waals surface area contributed by atoms with Crippen molar-refractivity contribution >= 4 is 44.8 Å². The zero-order valence-corrected chi connectivity index (χ0v) is 13.7. The molecule has 0 bridgehead atoms. The van der Waals surface area contributed by atoms with Gasteiger partial charge >= 0.3 is 0 Å². The lowest BCUT2D eigenvalue weighted by Crippen LogP contribution is -2.24. The Balaban J connectivity index is 2.07. The van der Waals surface area contributed by atoms with Crippen molar-refractivity contribution in [2.75, 3.05) is 14.1 Å². The molecule has 0 spiro atoms. The van der Waals surface area contributed by atoms with Gasteiger partial charge in [-0.15, -0.1) is 10.2 Å². The Labute approximate surface area is 132 Å². The van der Waals surface area contributed by atoms with Gasteiger partial charge in [-0.05, 0) is 34.7 Å². The third-order valence-corrected chi connectivity index (χ3v) is 4.35. The van der Waals surface area contributed by atoms with Gasteiger partial charge in [0.2, 0.25) is 10.8 Å². The first-order chi connectivity index (χ1) is 9.56. The van der Waals surface area contributed by atoms with Gasteiger partial charge in [0, 0.05) is 23.2 Å². The topological polar surface area (TPSA) is 63.4 Å². The number of fused-ring (bicyclic) bond motifs is 1. The molecule has 102 valence electrons. The molecule has 0 aliphatic rings. The number of hydrogen-bond donors (Lipinski definition) is 0. The Morgan fingerprint density at radius 1 is 1.25 bits per heavy atom. The second kappa shape index (κ2) is 5.09. The average Bonchev–Trinajstić information content (AvgIpc) is 2.98. The fraction of sp³-hybridized carbons (Fsp3) is 0.167. The van der Waals surface area contributed by atoms with Gasteiger partial charge < -0.3 is 4.90 Å². The molecule has 0 saturated heterocycles. The number of carbonyl (C=O) groups excluding carboxylic acids is 1. The highest BCUT2D eigenvalue weighted by molar-refractivity contribution is 14.1. The average molecular weight is 399 g/mol. The van der Waals surface area contributed by atoms with E-state index < -0.39 is 0 Å². The van der Waals surface area contributed by atoms with Gasteiger partial charge in [0.25, 0.3) is 5.91 Å². The molecule has 0 N–H and O–H groups in total. The van der Waals surface area contributed by atoms with Gasteiger partial charge in [0.15, 0.2) is 0 Å². The first-order valence-electron chi connectivity index (χ1n) is 5.76. The van der Waals surface area contributed by atoms with Crippen LogP contribution in [0.5, 0.6) is 0 Å². The molecule has 0 radical (unpaired) electrons. The SMILES string of the molecule is CN(C)C(=O)c1nnc2sc(-c3ccc(I)cc3)nn12. The fourth-order valence-electron chi connectivity index (χ4n) is 1.66. The summed E-state index contributed by atoms with van der Waals surface area (Å²) in [5.41, 5.74) is 1.00. The summed E-state index contributed by atoms with van der Waals surface area (Å²) in [6, 6.07) is 8.04. The van der Waals surface area contributed by atoms with E-state index in [1.165, 1.54) is 20.8 Å². The van der Waals surface area contributed by atoms with Gasteiger partial charge in [0.1, 0.15) is 5.01 Å². The van der Waals surface area contributed by atoms with Crippen molar-refractivity contribution in [2.24, 2.45) is 0 Å². The van der Waals surface area contributed by atoms with Crippen molar-refractivity contribution in [3.63, 3.8) is 0 Å². The molecule has 0 aliphatic heterocycles. The number of hydrogen-bond acceptors (Lipinski definition) is 5. The van der Waals surface area contributed by atoms with E-state index in [-0.39, 0.29) is 11.7 Å². The largest absolute Gasteiger partial charge is 0.342 e. The van der Waals surface area contributed by atoms with Gasteiger partial charge in [-0.2, -0.15) is 9.61 Å². The van der Waals surface area contributed by atoms with Crippen LogP contribution in [0.15, 0.2) is 24.3 Å². The van der Waals surface area contributed by atoms with Crippen molar-refractivity contribution in [2.45, 2.75) is 0 Å².